The summed E-state index contributed by atoms with van der Waals surface area (Å²) in [5, 5.41) is 0.743. The molecule has 0 spiro atoms. The first-order chi connectivity index (χ1) is 4.70. The Labute approximate surface area is 64.4 Å². The summed E-state index contributed by atoms with van der Waals surface area (Å²) in [6.07, 6.45) is 1.87. The Kier molecular flexibility index (Phi) is 4.96. The summed E-state index contributed by atoms with van der Waals surface area (Å²) in [5.74, 6) is 0. The van der Waals surface area contributed by atoms with Crippen molar-refractivity contribution in [2.24, 2.45) is 4.99 Å². The van der Waals surface area contributed by atoms with Crippen LogP contribution in [0.1, 0.15) is 6.92 Å². The van der Waals surface area contributed by atoms with Gasteiger partial charge < -0.3 is 0 Å². The number of carbonyl (C=O) groups is 1. The van der Waals surface area contributed by atoms with Crippen LogP contribution < -0.4 is 10.9 Å². The first-order valence-corrected chi connectivity index (χ1v) is 3.99. The van der Waals surface area contributed by atoms with Gasteiger partial charge in [-0.2, -0.15) is 4.99 Å². The van der Waals surface area contributed by atoms with Gasteiger partial charge in [-0.3, -0.25) is 5.43 Å². The van der Waals surface area contributed by atoms with Gasteiger partial charge in [0.25, 0.3) is 0 Å². The number of hydrogen-bond acceptors (Lipinski definition) is 3. The molecule has 0 aliphatic rings. The van der Waals surface area contributed by atoms with Crippen LogP contribution in [0, 0.1) is 0 Å². The largest absolute Gasteiger partial charge is 0.355 e. The third kappa shape index (κ3) is 4.34. The Morgan fingerprint density at radius 1 is 1.60 bits per heavy atom. The van der Waals surface area contributed by atoms with E-state index in [0.29, 0.717) is 0 Å². The van der Waals surface area contributed by atoms with Gasteiger partial charge in [0.15, 0.2) is 0 Å². The molecule has 0 atom stereocenters. The number of amides is 2. The van der Waals surface area contributed by atoms with Gasteiger partial charge in [0.1, 0.15) is 0 Å². The molecule has 0 rings (SSSR count). The van der Waals surface area contributed by atoms with Crippen molar-refractivity contribution in [1.29, 1.82) is 0 Å². The first kappa shape index (κ1) is 9.45. The van der Waals surface area contributed by atoms with E-state index in [2.05, 4.69) is 15.8 Å². The lowest BCUT2D eigenvalue weighted by molar-refractivity contribution is 0.246. The van der Waals surface area contributed by atoms with Crippen molar-refractivity contribution in [1.82, 2.24) is 10.9 Å². The number of nitrogens with zero attached hydrogens (tertiary/aromatic N) is 1. The predicted molar refractivity (Wildman–Crippen MR) is 44.2 cm³/mol. The van der Waals surface area contributed by atoms with Crippen LogP contribution in [0.25, 0.3) is 0 Å². The highest BCUT2D eigenvalue weighted by molar-refractivity contribution is 8.13. The Balaban J connectivity index is 3.75. The van der Waals surface area contributed by atoms with E-state index in [-0.39, 0.29) is 6.03 Å². The fourth-order valence-electron chi connectivity index (χ4n) is 0.324. The number of hydrogen-bond donors (Lipinski definition) is 2. The maximum absolute atomic E-state index is 10.6. The van der Waals surface area contributed by atoms with Gasteiger partial charge in [0, 0.05) is 7.05 Å². The lowest BCUT2D eigenvalue weighted by Gasteiger charge is -1.96. The van der Waals surface area contributed by atoms with Crippen molar-refractivity contribution >= 4 is 22.8 Å². The van der Waals surface area contributed by atoms with E-state index in [1.807, 2.05) is 6.26 Å². The molecule has 0 fully saturated rings. The normalized spacial score (nSPS) is 11.3. The molecule has 0 saturated heterocycles. The van der Waals surface area contributed by atoms with E-state index in [4.69, 9.17) is 0 Å². The smallest absolute Gasteiger partial charge is 0.272 e. The van der Waals surface area contributed by atoms with Gasteiger partial charge >= 0.3 is 6.03 Å². The van der Waals surface area contributed by atoms with Crippen LogP contribution in [0.2, 0.25) is 0 Å². The van der Waals surface area contributed by atoms with Crippen LogP contribution in [0.5, 0.6) is 0 Å². The molecule has 0 unspecified atom stereocenters. The average molecular weight is 161 g/mol. The molecular weight excluding hydrogens is 150 g/mol. The van der Waals surface area contributed by atoms with E-state index in [0.717, 1.165) is 5.04 Å². The lowest BCUT2D eigenvalue weighted by atomic mass is 10.8. The monoisotopic (exact) mass is 161 g/mol. The fraction of sp³-hybridized carbons (Fsp3) is 0.600. The summed E-state index contributed by atoms with van der Waals surface area (Å²) in [6.45, 7) is 1.78. The molecule has 0 heterocycles. The van der Waals surface area contributed by atoms with Crippen LogP contribution in [-0.2, 0) is 0 Å². The molecule has 4 nitrogen and oxygen atoms in total. The first-order valence-electron chi connectivity index (χ1n) is 2.76. The number of thioether (sulfide) groups is 1. The summed E-state index contributed by atoms with van der Waals surface area (Å²) < 4.78 is 0. The highest BCUT2D eigenvalue weighted by atomic mass is 32.2. The van der Waals surface area contributed by atoms with Gasteiger partial charge in [-0.1, -0.05) is 0 Å². The van der Waals surface area contributed by atoms with Gasteiger partial charge in [0.2, 0.25) is 0 Å². The minimum atomic E-state index is -0.366. The molecule has 0 aromatic carbocycles. The summed E-state index contributed by atoms with van der Waals surface area (Å²) in [7, 11) is 1.61. The molecule has 0 aliphatic carbocycles. The van der Waals surface area contributed by atoms with Crippen LogP contribution in [0.15, 0.2) is 4.99 Å². The fourth-order valence-corrected chi connectivity index (χ4v) is 0.498. The standard InChI is InChI=1S/C5H11N3OS/c1-4(10-3)7-5(9)8-6-2/h6H,1-3H3,(H,8,9)/b7-4-. The van der Waals surface area contributed by atoms with E-state index in [9.17, 15) is 4.79 Å². The molecule has 0 aromatic heterocycles. The summed E-state index contributed by atoms with van der Waals surface area (Å²) in [5.41, 5.74) is 4.80. The SMILES string of the molecule is CNNC(=O)/N=C(/C)SC. The number of rotatable bonds is 1. The van der Waals surface area contributed by atoms with Crippen molar-refractivity contribution in [2.75, 3.05) is 13.3 Å². The third-order valence-corrected chi connectivity index (χ3v) is 1.47. The molecule has 58 valence electrons. The zero-order valence-electron chi connectivity index (χ0n) is 6.26. The molecule has 2 amide bonds. The van der Waals surface area contributed by atoms with E-state index >= 15 is 0 Å². The number of aliphatic imine (C=N–C) groups is 1. The van der Waals surface area contributed by atoms with Gasteiger partial charge in [-0.05, 0) is 13.2 Å². The zero-order valence-corrected chi connectivity index (χ0v) is 7.08. The van der Waals surface area contributed by atoms with Crippen molar-refractivity contribution in [2.45, 2.75) is 6.92 Å². The van der Waals surface area contributed by atoms with E-state index in [1.54, 1.807) is 14.0 Å². The quantitative estimate of drug-likeness (QED) is 0.336. The van der Waals surface area contributed by atoms with E-state index < -0.39 is 0 Å². The van der Waals surface area contributed by atoms with Crippen molar-refractivity contribution < 1.29 is 4.79 Å². The number of nitrogens with one attached hydrogen (secondary N) is 2. The van der Waals surface area contributed by atoms with Crippen LogP contribution >= 0.6 is 11.8 Å². The van der Waals surface area contributed by atoms with Crippen molar-refractivity contribution in [3.8, 4) is 0 Å². The maximum Gasteiger partial charge on any atom is 0.355 e. The van der Waals surface area contributed by atoms with Gasteiger partial charge in [-0.15, -0.1) is 11.8 Å². The molecule has 0 radical (unpaired) electrons. The molecule has 10 heavy (non-hydrogen) atoms. The second-order valence-electron chi connectivity index (χ2n) is 1.52. The highest BCUT2D eigenvalue weighted by Crippen LogP contribution is 1.95. The molecular formula is C5H11N3OS. The van der Waals surface area contributed by atoms with Crippen LogP contribution in [0.4, 0.5) is 4.79 Å². The second kappa shape index (κ2) is 5.25. The second-order valence-corrected chi connectivity index (χ2v) is 2.51. The van der Waals surface area contributed by atoms with Crippen molar-refractivity contribution in [3.63, 3.8) is 0 Å². The Bertz CT molecular complexity index is 146. The molecule has 0 aliphatic heterocycles. The minimum Gasteiger partial charge on any atom is -0.272 e. The topological polar surface area (TPSA) is 53.5 Å². The van der Waals surface area contributed by atoms with Crippen LogP contribution in [0.3, 0.4) is 0 Å². The Morgan fingerprint density at radius 2 is 2.20 bits per heavy atom. The minimum absolute atomic E-state index is 0.366. The summed E-state index contributed by atoms with van der Waals surface area (Å²) in [4.78, 5) is 14.3. The molecule has 0 saturated carbocycles. The Hall–Kier alpha value is -0.550. The molecule has 2 N–H and O–H groups in total. The third-order valence-electron chi connectivity index (χ3n) is 0.786. The molecule has 0 aromatic rings. The summed E-state index contributed by atoms with van der Waals surface area (Å²) in [6, 6.07) is -0.366. The number of hydrazine groups is 1. The maximum atomic E-state index is 10.6. The Morgan fingerprint density at radius 3 is 2.60 bits per heavy atom. The van der Waals surface area contributed by atoms with Crippen molar-refractivity contribution in [3.05, 3.63) is 0 Å². The number of urea groups is 1. The van der Waals surface area contributed by atoms with Gasteiger partial charge in [0.05, 0.1) is 5.04 Å². The predicted octanol–water partition coefficient (Wildman–Crippen LogP) is 0.612. The average Bonchev–Trinajstić information content (AvgIpc) is 1.88. The lowest BCUT2D eigenvalue weighted by Crippen LogP contribution is -2.32. The molecule has 5 heteroatoms. The summed E-state index contributed by atoms with van der Waals surface area (Å²) >= 11 is 1.44. The highest BCUT2D eigenvalue weighted by Gasteiger charge is 1.94. The zero-order chi connectivity index (χ0) is 7.98. The molecule has 0 bridgehead atoms. The van der Waals surface area contributed by atoms with Crippen LogP contribution in [-0.4, -0.2) is 24.4 Å². The van der Waals surface area contributed by atoms with E-state index in [1.165, 1.54) is 11.8 Å². The number of carbonyl (C=O) groups excluding carboxylic acids is 1. The van der Waals surface area contributed by atoms with Gasteiger partial charge in [-0.25, -0.2) is 10.2 Å².